The Morgan fingerprint density at radius 2 is 2.16 bits per heavy atom. The Kier molecular flexibility index (Phi) is 2.87. The van der Waals surface area contributed by atoms with E-state index < -0.39 is 10.8 Å². The van der Waals surface area contributed by atoms with Gasteiger partial charge in [-0.2, -0.15) is 4.68 Å². The van der Waals surface area contributed by atoms with Gasteiger partial charge in [-0.1, -0.05) is 11.3 Å². The summed E-state index contributed by atoms with van der Waals surface area (Å²) in [5.41, 5.74) is 11.1. The number of nitro benzene ring substituents is 1. The molecule has 0 aliphatic heterocycles. The number of nitrogen functional groups attached to an aromatic ring is 1. The molecule has 0 unspecified atom stereocenters. The lowest BCUT2D eigenvalue weighted by molar-refractivity contribution is -0.384. The van der Waals surface area contributed by atoms with Gasteiger partial charge in [-0.15, -0.1) is 5.10 Å². The summed E-state index contributed by atoms with van der Waals surface area (Å²) in [7, 11) is 0. The highest BCUT2D eigenvalue weighted by atomic mass is 16.6. The van der Waals surface area contributed by atoms with Crippen LogP contribution in [0.3, 0.4) is 0 Å². The Balaban J connectivity index is 2.66. The number of aryl methyl sites for hydroxylation is 1. The minimum atomic E-state index is -0.849. The topological polar surface area (TPSA) is 143 Å². The fourth-order valence-electron chi connectivity index (χ4n) is 1.60. The van der Waals surface area contributed by atoms with Crippen molar-refractivity contribution in [3.05, 3.63) is 39.6 Å². The van der Waals surface area contributed by atoms with Gasteiger partial charge in [0, 0.05) is 6.07 Å². The van der Waals surface area contributed by atoms with E-state index in [0.29, 0.717) is 5.56 Å². The zero-order chi connectivity index (χ0) is 14.2. The molecule has 0 spiro atoms. The molecule has 9 heteroatoms. The molecule has 4 N–H and O–H groups in total. The molecule has 2 aromatic rings. The molecule has 2 rings (SSSR count). The number of primary amides is 1. The third kappa shape index (κ3) is 2.08. The van der Waals surface area contributed by atoms with Crippen molar-refractivity contribution < 1.29 is 9.72 Å². The number of amides is 1. The Morgan fingerprint density at radius 1 is 1.47 bits per heavy atom. The van der Waals surface area contributed by atoms with Gasteiger partial charge < -0.3 is 11.5 Å². The van der Waals surface area contributed by atoms with Crippen molar-refractivity contribution in [1.82, 2.24) is 15.0 Å². The van der Waals surface area contributed by atoms with E-state index in [1.54, 1.807) is 13.0 Å². The van der Waals surface area contributed by atoms with Gasteiger partial charge in [0.15, 0.2) is 11.5 Å². The molecule has 0 bridgehead atoms. The van der Waals surface area contributed by atoms with Crippen LogP contribution in [0.2, 0.25) is 0 Å². The second kappa shape index (κ2) is 4.37. The quantitative estimate of drug-likeness (QED) is 0.595. The summed E-state index contributed by atoms with van der Waals surface area (Å²) in [4.78, 5) is 21.5. The van der Waals surface area contributed by atoms with Gasteiger partial charge in [0.05, 0.1) is 4.92 Å². The van der Waals surface area contributed by atoms with Gasteiger partial charge in [-0.3, -0.25) is 14.9 Å². The van der Waals surface area contributed by atoms with Gasteiger partial charge in [-0.05, 0) is 18.6 Å². The molecule has 0 atom stereocenters. The van der Waals surface area contributed by atoms with E-state index in [1.165, 1.54) is 12.1 Å². The number of rotatable bonds is 3. The van der Waals surface area contributed by atoms with Crippen LogP contribution < -0.4 is 11.5 Å². The number of nitrogens with zero attached hydrogens (tertiary/aromatic N) is 4. The first-order chi connectivity index (χ1) is 8.91. The number of nitro groups is 1. The van der Waals surface area contributed by atoms with E-state index in [-0.39, 0.29) is 22.9 Å². The predicted octanol–water partition coefficient (Wildman–Crippen LogP) is 0.165. The number of nitrogens with two attached hydrogens (primary N) is 2. The largest absolute Gasteiger partial charge is 0.382 e. The maximum Gasteiger partial charge on any atom is 0.295 e. The van der Waals surface area contributed by atoms with Gasteiger partial charge in [0.1, 0.15) is 5.69 Å². The number of carbonyl (C=O) groups is 1. The van der Waals surface area contributed by atoms with Crippen LogP contribution in [-0.4, -0.2) is 25.8 Å². The third-order valence-electron chi connectivity index (χ3n) is 2.49. The molecule has 1 heterocycles. The van der Waals surface area contributed by atoms with Crippen molar-refractivity contribution >= 4 is 17.4 Å². The molecule has 0 aliphatic rings. The molecule has 0 aliphatic carbocycles. The SMILES string of the molecule is Cc1ccc(-n2nnc(C(N)=O)c2N)c([N+](=O)[O-])c1. The summed E-state index contributed by atoms with van der Waals surface area (Å²) in [6.07, 6.45) is 0. The van der Waals surface area contributed by atoms with Crippen molar-refractivity contribution in [3.63, 3.8) is 0 Å². The minimum absolute atomic E-state index is 0.119. The van der Waals surface area contributed by atoms with Crippen LogP contribution in [0.1, 0.15) is 16.1 Å². The fraction of sp³-hybridized carbons (Fsp3) is 0.100. The lowest BCUT2D eigenvalue weighted by Gasteiger charge is -2.04. The lowest BCUT2D eigenvalue weighted by atomic mass is 10.2. The third-order valence-corrected chi connectivity index (χ3v) is 2.49. The molecule has 1 amide bonds. The van der Waals surface area contributed by atoms with Crippen molar-refractivity contribution in [2.24, 2.45) is 5.73 Å². The van der Waals surface area contributed by atoms with E-state index >= 15 is 0 Å². The van der Waals surface area contributed by atoms with Crippen LogP contribution in [0, 0.1) is 17.0 Å². The van der Waals surface area contributed by atoms with Crippen molar-refractivity contribution in [3.8, 4) is 5.69 Å². The number of carbonyl (C=O) groups excluding carboxylic acids is 1. The van der Waals surface area contributed by atoms with E-state index in [4.69, 9.17) is 11.5 Å². The summed E-state index contributed by atoms with van der Waals surface area (Å²) in [5.74, 6) is -0.988. The zero-order valence-electron chi connectivity index (χ0n) is 9.90. The molecule has 98 valence electrons. The summed E-state index contributed by atoms with van der Waals surface area (Å²) in [6, 6.07) is 4.51. The maximum absolute atomic E-state index is 11.0. The fourth-order valence-corrected chi connectivity index (χ4v) is 1.60. The first-order valence-corrected chi connectivity index (χ1v) is 5.18. The first kappa shape index (κ1) is 12.5. The van der Waals surface area contributed by atoms with E-state index in [2.05, 4.69) is 10.3 Å². The molecule has 0 saturated heterocycles. The Hall–Kier alpha value is -2.97. The van der Waals surface area contributed by atoms with Crippen LogP contribution in [0.5, 0.6) is 0 Å². The summed E-state index contributed by atoms with van der Waals surface area (Å²) >= 11 is 0. The van der Waals surface area contributed by atoms with Crippen LogP contribution in [0.15, 0.2) is 18.2 Å². The lowest BCUT2D eigenvalue weighted by Crippen LogP contribution is -2.14. The predicted molar refractivity (Wildman–Crippen MR) is 65.7 cm³/mol. The number of hydrogen-bond donors (Lipinski definition) is 2. The van der Waals surface area contributed by atoms with Crippen molar-refractivity contribution in [2.45, 2.75) is 6.92 Å². The second-order valence-electron chi connectivity index (χ2n) is 3.85. The highest BCUT2D eigenvalue weighted by Crippen LogP contribution is 2.26. The molecule has 9 nitrogen and oxygen atoms in total. The highest BCUT2D eigenvalue weighted by molar-refractivity contribution is 5.95. The second-order valence-corrected chi connectivity index (χ2v) is 3.85. The average molecular weight is 262 g/mol. The molecule has 19 heavy (non-hydrogen) atoms. The number of aromatic nitrogens is 3. The highest BCUT2D eigenvalue weighted by Gasteiger charge is 2.22. The van der Waals surface area contributed by atoms with E-state index in [0.717, 1.165) is 4.68 Å². The smallest absolute Gasteiger partial charge is 0.295 e. The molecular weight excluding hydrogens is 252 g/mol. The number of benzene rings is 1. The molecule has 0 fully saturated rings. The van der Waals surface area contributed by atoms with Crippen molar-refractivity contribution in [1.29, 1.82) is 0 Å². The summed E-state index contributed by atoms with van der Waals surface area (Å²) < 4.78 is 1.01. The number of anilines is 1. The summed E-state index contributed by atoms with van der Waals surface area (Å²) in [6.45, 7) is 1.72. The van der Waals surface area contributed by atoms with Crippen LogP contribution >= 0.6 is 0 Å². The van der Waals surface area contributed by atoms with Crippen LogP contribution in [0.4, 0.5) is 11.5 Å². The van der Waals surface area contributed by atoms with Crippen LogP contribution in [0.25, 0.3) is 5.69 Å². The van der Waals surface area contributed by atoms with Crippen LogP contribution in [-0.2, 0) is 0 Å². The molecule has 1 aromatic heterocycles. The maximum atomic E-state index is 11.0. The van der Waals surface area contributed by atoms with Gasteiger partial charge in [0.2, 0.25) is 0 Å². The Labute approximate surface area is 107 Å². The van der Waals surface area contributed by atoms with Gasteiger partial charge in [0.25, 0.3) is 11.6 Å². The van der Waals surface area contributed by atoms with E-state index in [1.807, 2.05) is 0 Å². The van der Waals surface area contributed by atoms with Crippen molar-refractivity contribution in [2.75, 3.05) is 5.73 Å². The Bertz CT molecular complexity index is 678. The summed E-state index contributed by atoms with van der Waals surface area (Å²) in [5, 5.41) is 18.1. The van der Waals surface area contributed by atoms with Gasteiger partial charge in [-0.25, -0.2) is 0 Å². The molecule has 0 radical (unpaired) electrons. The standard InChI is InChI=1S/C10H10N6O3/c1-5-2-3-6(7(4-5)16(18)19)15-9(11)8(10(12)17)13-14-15/h2-4H,11H2,1H3,(H2,12,17). The molecule has 0 saturated carbocycles. The zero-order valence-corrected chi connectivity index (χ0v) is 9.90. The number of hydrogen-bond acceptors (Lipinski definition) is 6. The first-order valence-electron chi connectivity index (χ1n) is 5.18. The van der Waals surface area contributed by atoms with E-state index in [9.17, 15) is 14.9 Å². The normalized spacial score (nSPS) is 10.4. The van der Waals surface area contributed by atoms with Gasteiger partial charge >= 0.3 is 0 Å². The minimum Gasteiger partial charge on any atom is -0.382 e. The monoisotopic (exact) mass is 262 g/mol. The molecule has 1 aromatic carbocycles. The molecular formula is C10H10N6O3. The average Bonchev–Trinajstić information content (AvgIpc) is 2.71. The Morgan fingerprint density at radius 3 is 2.68 bits per heavy atom.